The first-order valence-corrected chi connectivity index (χ1v) is 7.90. The van der Waals surface area contributed by atoms with E-state index in [4.69, 9.17) is 10.5 Å². The van der Waals surface area contributed by atoms with E-state index < -0.39 is 0 Å². The first-order chi connectivity index (χ1) is 11.0. The summed E-state index contributed by atoms with van der Waals surface area (Å²) in [6.45, 7) is 5.05. The van der Waals surface area contributed by atoms with Crippen LogP contribution in [-0.4, -0.2) is 12.5 Å². The minimum absolute atomic E-state index is 0.0525. The molecule has 0 aliphatic carbocycles. The summed E-state index contributed by atoms with van der Waals surface area (Å²) in [4.78, 5) is 12.0. The van der Waals surface area contributed by atoms with Gasteiger partial charge in [0.05, 0.1) is 13.0 Å². The fraction of sp³-hybridized carbons (Fsp3) is 0.316. The van der Waals surface area contributed by atoms with Crippen LogP contribution < -0.4 is 15.8 Å². The van der Waals surface area contributed by atoms with E-state index in [0.29, 0.717) is 24.6 Å². The van der Waals surface area contributed by atoms with E-state index in [0.717, 1.165) is 23.4 Å². The zero-order chi connectivity index (χ0) is 16.7. The summed E-state index contributed by atoms with van der Waals surface area (Å²) < 4.78 is 5.66. The number of anilines is 2. The zero-order valence-corrected chi connectivity index (χ0v) is 13.7. The molecule has 0 heterocycles. The first-order valence-electron chi connectivity index (χ1n) is 7.90. The maximum Gasteiger partial charge on any atom is 0.228 e. The summed E-state index contributed by atoms with van der Waals surface area (Å²) in [7, 11) is 0. The molecule has 0 fully saturated rings. The highest BCUT2D eigenvalue weighted by molar-refractivity contribution is 5.92. The Morgan fingerprint density at radius 3 is 2.35 bits per heavy atom. The second kappa shape index (κ2) is 8.22. The van der Waals surface area contributed by atoms with Gasteiger partial charge in [0, 0.05) is 11.4 Å². The molecule has 23 heavy (non-hydrogen) atoms. The molecule has 0 radical (unpaired) electrons. The number of amides is 1. The van der Waals surface area contributed by atoms with Crippen molar-refractivity contribution in [2.24, 2.45) is 5.92 Å². The normalized spacial score (nSPS) is 10.6. The lowest BCUT2D eigenvalue weighted by molar-refractivity contribution is -0.115. The maximum absolute atomic E-state index is 12.0. The summed E-state index contributed by atoms with van der Waals surface area (Å²) in [5.41, 5.74) is 8.03. The largest absolute Gasteiger partial charge is 0.494 e. The Morgan fingerprint density at radius 2 is 1.74 bits per heavy atom. The number of hydrogen-bond donors (Lipinski definition) is 2. The monoisotopic (exact) mass is 312 g/mol. The molecular weight excluding hydrogens is 288 g/mol. The lowest BCUT2D eigenvalue weighted by Gasteiger charge is -2.09. The van der Waals surface area contributed by atoms with Gasteiger partial charge in [-0.15, -0.1) is 0 Å². The Labute approximate surface area is 137 Å². The maximum atomic E-state index is 12.0. The number of carbonyl (C=O) groups excluding carboxylic acids is 1. The fourth-order valence-electron chi connectivity index (χ4n) is 2.07. The van der Waals surface area contributed by atoms with E-state index in [2.05, 4.69) is 19.2 Å². The molecule has 1 amide bonds. The molecule has 2 aromatic carbocycles. The second-order valence-corrected chi connectivity index (χ2v) is 6.02. The Balaban J connectivity index is 1.82. The van der Waals surface area contributed by atoms with Crippen LogP contribution in [0.25, 0.3) is 0 Å². The van der Waals surface area contributed by atoms with Gasteiger partial charge in [0.25, 0.3) is 0 Å². The van der Waals surface area contributed by atoms with Gasteiger partial charge >= 0.3 is 0 Å². The van der Waals surface area contributed by atoms with Gasteiger partial charge in [-0.3, -0.25) is 4.79 Å². The van der Waals surface area contributed by atoms with Crippen LogP contribution in [0.3, 0.4) is 0 Å². The number of nitrogens with two attached hydrogens (primary N) is 1. The van der Waals surface area contributed by atoms with Crippen LogP contribution in [0.4, 0.5) is 11.4 Å². The van der Waals surface area contributed by atoms with Crippen molar-refractivity contribution in [1.82, 2.24) is 0 Å². The third kappa shape index (κ3) is 6.02. The van der Waals surface area contributed by atoms with Crippen molar-refractivity contribution >= 4 is 17.3 Å². The standard InChI is InChI=1S/C19H24N2O2/c1-14(2)11-12-23-18-9-7-17(8-10-18)21-19(22)13-15-3-5-16(20)6-4-15/h3-10,14H,11-13,20H2,1-2H3,(H,21,22). The minimum Gasteiger partial charge on any atom is -0.494 e. The van der Waals surface area contributed by atoms with E-state index in [-0.39, 0.29) is 5.91 Å². The van der Waals surface area contributed by atoms with Crippen LogP contribution in [0.15, 0.2) is 48.5 Å². The molecule has 0 aliphatic rings. The fourth-order valence-corrected chi connectivity index (χ4v) is 2.07. The van der Waals surface area contributed by atoms with Crippen molar-refractivity contribution in [2.45, 2.75) is 26.7 Å². The topological polar surface area (TPSA) is 64.3 Å². The average molecular weight is 312 g/mol. The number of hydrogen-bond acceptors (Lipinski definition) is 3. The molecule has 0 saturated carbocycles. The summed E-state index contributed by atoms with van der Waals surface area (Å²) in [5.74, 6) is 1.40. The van der Waals surface area contributed by atoms with E-state index in [1.807, 2.05) is 36.4 Å². The van der Waals surface area contributed by atoms with Crippen molar-refractivity contribution in [3.8, 4) is 5.75 Å². The smallest absolute Gasteiger partial charge is 0.228 e. The average Bonchev–Trinajstić information content (AvgIpc) is 2.51. The number of benzene rings is 2. The van der Waals surface area contributed by atoms with Crippen LogP contribution in [0.2, 0.25) is 0 Å². The lowest BCUT2D eigenvalue weighted by Crippen LogP contribution is -2.14. The van der Waals surface area contributed by atoms with Gasteiger partial charge in [0.1, 0.15) is 5.75 Å². The van der Waals surface area contributed by atoms with E-state index >= 15 is 0 Å². The molecule has 4 nitrogen and oxygen atoms in total. The molecular formula is C19H24N2O2. The van der Waals surface area contributed by atoms with Crippen LogP contribution >= 0.6 is 0 Å². The van der Waals surface area contributed by atoms with Crippen molar-refractivity contribution in [1.29, 1.82) is 0 Å². The predicted octanol–water partition coefficient (Wildman–Crippen LogP) is 3.87. The molecule has 0 aromatic heterocycles. The molecule has 2 aromatic rings. The second-order valence-electron chi connectivity index (χ2n) is 6.02. The Hall–Kier alpha value is -2.49. The highest BCUT2D eigenvalue weighted by atomic mass is 16.5. The number of rotatable bonds is 7. The van der Waals surface area contributed by atoms with Crippen LogP contribution in [0.1, 0.15) is 25.8 Å². The SMILES string of the molecule is CC(C)CCOc1ccc(NC(=O)Cc2ccc(N)cc2)cc1. The van der Waals surface area contributed by atoms with Crippen LogP contribution in [0, 0.1) is 5.92 Å². The summed E-state index contributed by atoms with van der Waals surface area (Å²) >= 11 is 0. The van der Waals surface area contributed by atoms with E-state index in [9.17, 15) is 4.79 Å². The Kier molecular flexibility index (Phi) is 6.03. The molecule has 0 unspecified atom stereocenters. The number of nitrogens with one attached hydrogen (secondary N) is 1. The number of carbonyl (C=O) groups is 1. The number of nitrogen functional groups attached to an aromatic ring is 1. The molecule has 0 aliphatic heterocycles. The molecule has 0 atom stereocenters. The molecule has 0 bridgehead atoms. The molecule has 0 saturated heterocycles. The van der Waals surface area contributed by atoms with Crippen molar-refractivity contribution in [3.63, 3.8) is 0 Å². The molecule has 2 rings (SSSR count). The molecule has 122 valence electrons. The first kappa shape index (κ1) is 16.9. The van der Waals surface area contributed by atoms with Gasteiger partial charge in [0.15, 0.2) is 0 Å². The van der Waals surface area contributed by atoms with Gasteiger partial charge in [-0.25, -0.2) is 0 Å². The van der Waals surface area contributed by atoms with Crippen molar-refractivity contribution in [3.05, 3.63) is 54.1 Å². The van der Waals surface area contributed by atoms with Gasteiger partial charge in [-0.1, -0.05) is 26.0 Å². The van der Waals surface area contributed by atoms with Crippen molar-refractivity contribution < 1.29 is 9.53 Å². The van der Waals surface area contributed by atoms with E-state index in [1.54, 1.807) is 12.1 Å². The molecule has 0 spiro atoms. The van der Waals surface area contributed by atoms with E-state index in [1.165, 1.54) is 0 Å². The number of ether oxygens (including phenoxy) is 1. The molecule has 3 N–H and O–H groups in total. The summed E-state index contributed by atoms with van der Waals surface area (Å²) in [6, 6.07) is 14.8. The summed E-state index contributed by atoms with van der Waals surface area (Å²) in [6.07, 6.45) is 1.35. The quantitative estimate of drug-likeness (QED) is 0.763. The van der Waals surface area contributed by atoms with Crippen LogP contribution in [0.5, 0.6) is 5.75 Å². The third-order valence-corrected chi connectivity index (χ3v) is 3.45. The van der Waals surface area contributed by atoms with Gasteiger partial charge < -0.3 is 15.8 Å². The Morgan fingerprint density at radius 1 is 1.09 bits per heavy atom. The predicted molar refractivity (Wildman–Crippen MR) is 94.6 cm³/mol. The highest BCUT2D eigenvalue weighted by Gasteiger charge is 2.04. The van der Waals surface area contributed by atoms with Gasteiger partial charge in [-0.05, 0) is 54.3 Å². The zero-order valence-electron chi connectivity index (χ0n) is 13.7. The van der Waals surface area contributed by atoms with Crippen LogP contribution in [-0.2, 0) is 11.2 Å². The third-order valence-electron chi connectivity index (χ3n) is 3.45. The van der Waals surface area contributed by atoms with Crippen molar-refractivity contribution in [2.75, 3.05) is 17.7 Å². The summed E-state index contributed by atoms with van der Waals surface area (Å²) in [5, 5.41) is 2.88. The minimum atomic E-state index is -0.0525. The lowest BCUT2D eigenvalue weighted by atomic mass is 10.1. The van der Waals surface area contributed by atoms with Gasteiger partial charge in [-0.2, -0.15) is 0 Å². The highest BCUT2D eigenvalue weighted by Crippen LogP contribution is 2.17. The molecule has 4 heteroatoms. The van der Waals surface area contributed by atoms with Gasteiger partial charge in [0.2, 0.25) is 5.91 Å². The Bertz CT molecular complexity index is 619.